The first-order valence-electron chi connectivity index (χ1n) is 5.64. The molecular formula is C8H18O2. The molecule has 10 heavy (non-hydrogen) atoms. The van der Waals surface area contributed by atoms with Gasteiger partial charge in [0.15, 0.2) is 0 Å². The molecule has 0 spiro atoms. The molecule has 0 amide bonds. The van der Waals surface area contributed by atoms with Gasteiger partial charge in [0, 0.05) is 4.11 Å². The first kappa shape index (κ1) is 4.73. The van der Waals surface area contributed by atoms with Crippen LogP contribution in [0.3, 0.4) is 0 Å². The van der Waals surface area contributed by atoms with Gasteiger partial charge in [0.25, 0.3) is 0 Å². The van der Waals surface area contributed by atoms with Gasteiger partial charge in [-0.25, -0.2) is 0 Å². The van der Waals surface area contributed by atoms with Crippen molar-refractivity contribution in [3.63, 3.8) is 0 Å². The van der Waals surface area contributed by atoms with Crippen LogP contribution in [0.4, 0.5) is 0 Å². The van der Waals surface area contributed by atoms with Gasteiger partial charge in [-0.15, -0.1) is 0 Å². The second-order valence-electron chi connectivity index (χ2n) is 2.40. The van der Waals surface area contributed by atoms with E-state index < -0.39 is 19.0 Å². The topological polar surface area (TPSA) is 40.5 Å². The van der Waals surface area contributed by atoms with Crippen LogP contribution in [0.1, 0.15) is 44.9 Å². The van der Waals surface area contributed by atoms with Crippen LogP contribution < -0.4 is 0 Å². The predicted molar refractivity (Wildman–Crippen MR) is 41.8 cm³/mol. The molecule has 0 radical (unpaired) electrons. The maximum Gasteiger partial charge on any atom is 0.0796 e. The van der Waals surface area contributed by atoms with Gasteiger partial charge in [0.2, 0.25) is 0 Å². The van der Waals surface area contributed by atoms with Crippen molar-refractivity contribution >= 4 is 0 Å². The van der Waals surface area contributed by atoms with E-state index in [9.17, 15) is 10.2 Å². The lowest BCUT2D eigenvalue weighted by Crippen LogP contribution is -2.21. The van der Waals surface area contributed by atoms with Gasteiger partial charge < -0.3 is 10.2 Å². The Hall–Kier alpha value is -0.0800. The highest BCUT2D eigenvalue weighted by Gasteiger charge is 2.08. The number of aliphatic hydroxyl groups is 2. The van der Waals surface area contributed by atoms with E-state index in [1.54, 1.807) is 0 Å². The lowest BCUT2D eigenvalue weighted by molar-refractivity contribution is 0.0247. The molecule has 0 aliphatic heterocycles. The highest BCUT2D eigenvalue weighted by molar-refractivity contribution is 4.60. The number of rotatable bonds is 5. The van der Waals surface area contributed by atoms with E-state index in [4.69, 9.17) is 5.48 Å². The van der Waals surface area contributed by atoms with Crippen molar-refractivity contribution in [3.8, 4) is 0 Å². The molecule has 0 bridgehead atoms. The Balaban J connectivity index is 4.15. The molecule has 0 aromatic carbocycles. The second-order valence-corrected chi connectivity index (χ2v) is 2.40. The Labute approximate surface area is 68.5 Å². The van der Waals surface area contributed by atoms with Crippen LogP contribution in [0.15, 0.2) is 0 Å². The Morgan fingerprint density at radius 3 is 2.70 bits per heavy atom. The van der Waals surface area contributed by atoms with Gasteiger partial charge >= 0.3 is 0 Å². The Morgan fingerprint density at radius 2 is 2.20 bits per heavy atom. The van der Waals surface area contributed by atoms with Crippen molar-refractivity contribution in [2.24, 2.45) is 0 Å². The molecule has 2 N–H and O–H groups in total. The van der Waals surface area contributed by atoms with Crippen LogP contribution in [0, 0.1) is 0 Å². The van der Waals surface area contributed by atoms with E-state index in [1.165, 1.54) is 0 Å². The predicted octanol–water partition coefficient (Wildman–Crippen LogP) is 1.31. The molecular weight excluding hydrogens is 128 g/mol. The van der Waals surface area contributed by atoms with E-state index in [0.717, 1.165) is 12.8 Å². The average Bonchev–Trinajstić information content (AvgIpc) is 2.02. The van der Waals surface area contributed by atoms with Crippen molar-refractivity contribution in [1.82, 2.24) is 0 Å². The molecule has 0 aliphatic rings. The Kier molecular flexibility index (Phi) is 2.69. The van der Waals surface area contributed by atoms with Gasteiger partial charge in [0.1, 0.15) is 0 Å². The van der Waals surface area contributed by atoms with Crippen LogP contribution in [0.2, 0.25) is 0 Å². The van der Waals surface area contributed by atoms with Crippen LogP contribution in [-0.4, -0.2) is 22.4 Å². The molecule has 2 nitrogen and oxygen atoms in total. The highest BCUT2D eigenvalue weighted by atomic mass is 16.3. The largest absolute Gasteiger partial charge is 0.391 e. The summed E-state index contributed by atoms with van der Waals surface area (Å²) in [6, 6.07) is 0. The standard InChI is InChI=1S/C8H18O2/c1-3-4-5-6-8(10)7(2)9/h7-10H,3-6H2,1-2H3/t7-,8-/m0/s1/i2D3,7D. The fourth-order valence-corrected chi connectivity index (χ4v) is 0.724. The van der Waals surface area contributed by atoms with E-state index in [-0.39, 0.29) is 6.42 Å². The maximum atomic E-state index is 9.34. The molecule has 2 heteroatoms. The summed E-state index contributed by atoms with van der Waals surface area (Å²) in [5.74, 6) is 0. The molecule has 0 rings (SSSR count). The molecule has 2 atom stereocenters. The lowest BCUT2D eigenvalue weighted by atomic mass is 10.1. The summed E-state index contributed by atoms with van der Waals surface area (Å²) in [6.07, 6.45) is -1.70. The van der Waals surface area contributed by atoms with Crippen molar-refractivity contribution in [3.05, 3.63) is 0 Å². The maximum absolute atomic E-state index is 9.34. The third-order valence-corrected chi connectivity index (χ3v) is 1.40. The highest BCUT2D eigenvalue weighted by Crippen LogP contribution is 2.05. The molecule has 0 heterocycles. The van der Waals surface area contributed by atoms with Gasteiger partial charge in [-0.2, -0.15) is 0 Å². The monoisotopic (exact) mass is 150 g/mol. The van der Waals surface area contributed by atoms with Crippen molar-refractivity contribution in [2.75, 3.05) is 0 Å². The third-order valence-electron chi connectivity index (χ3n) is 1.40. The Morgan fingerprint density at radius 1 is 1.50 bits per heavy atom. The zero-order chi connectivity index (χ0) is 11.4. The Bertz CT molecular complexity index is 167. The van der Waals surface area contributed by atoms with Gasteiger partial charge in [-0.05, 0) is 13.3 Å². The van der Waals surface area contributed by atoms with E-state index >= 15 is 0 Å². The van der Waals surface area contributed by atoms with Gasteiger partial charge in [0.05, 0.1) is 13.6 Å². The smallest absolute Gasteiger partial charge is 0.0796 e. The summed E-state index contributed by atoms with van der Waals surface area (Å²) in [5.41, 5.74) is 0. The molecule has 0 aromatic rings. The third kappa shape index (κ3) is 4.77. The number of hydrogen-bond acceptors (Lipinski definition) is 2. The first-order valence-corrected chi connectivity index (χ1v) is 3.64. The minimum atomic E-state index is -2.86. The fraction of sp³-hybridized carbons (Fsp3) is 1.00. The normalized spacial score (nSPS) is 27.1. The number of hydrogen-bond donors (Lipinski definition) is 2. The number of aliphatic hydroxyl groups excluding tert-OH is 1. The van der Waals surface area contributed by atoms with Crippen LogP contribution in [0.5, 0.6) is 0 Å². The molecule has 0 unspecified atom stereocenters. The molecule has 0 fully saturated rings. The minimum Gasteiger partial charge on any atom is -0.391 e. The van der Waals surface area contributed by atoms with Crippen molar-refractivity contribution in [2.45, 2.75) is 51.6 Å². The first-order chi connectivity index (χ1) is 6.23. The van der Waals surface area contributed by atoms with E-state index in [0.29, 0.717) is 6.42 Å². The molecule has 0 saturated carbocycles. The van der Waals surface area contributed by atoms with Gasteiger partial charge in [-0.1, -0.05) is 26.2 Å². The van der Waals surface area contributed by atoms with E-state index in [2.05, 4.69) is 0 Å². The summed E-state index contributed by atoms with van der Waals surface area (Å²) in [4.78, 5) is 0. The zero-order valence-corrected chi connectivity index (χ0v) is 6.30. The van der Waals surface area contributed by atoms with Crippen LogP contribution in [-0.2, 0) is 0 Å². The van der Waals surface area contributed by atoms with E-state index in [1.807, 2.05) is 6.92 Å². The fourth-order valence-electron chi connectivity index (χ4n) is 0.724. The van der Waals surface area contributed by atoms with Crippen molar-refractivity contribution < 1.29 is 15.7 Å². The van der Waals surface area contributed by atoms with Gasteiger partial charge in [-0.3, -0.25) is 0 Å². The van der Waals surface area contributed by atoms with Crippen LogP contribution >= 0.6 is 0 Å². The summed E-state index contributed by atoms with van der Waals surface area (Å²) in [5, 5.41) is 18.6. The summed E-state index contributed by atoms with van der Waals surface area (Å²) < 4.78 is 27.8. The zero-order valence-electron chi connectivity index (χ0n) is 10.3. The molecule has 0 aromatic heterocycles. The summed E-state index contributed by atoms with van der Waals surface area (Å²) in [6.45, 7) is -0.887. The summed E-state index contributed by atoms with van der Waals surface area (Å²) in [7, 11) is 0. The molecule has 62 valence electrons. The van der Waals surface area contributed by atoms with Crippen LogP contribution in [0.25, 0.3) is 0 Å². The minimum absolute atomic E-state index is 0.145. The molecule has 0 saturated heterocycles. The second kappa shape index (κ2) is 5.69. The average molecular weight is 150 g/mol. The van der Waals surface area contributed by atoms with Crippen molar-refractivity contribution in [1.29, 1.82) is 0 Å². The SMILES string of the molecule is [2H]C([2H])([2H])[C@]([2H])(O)[C@@H](O)CCCCC. The molecule has 0 aliphatic carbocycles. The quantitative estimate of drug-likeness (QED) is 0.580. The number of unbranched alkanes of at least 4 members (excludes halogenated alkanes) is 2. The lowest BCUT2D eigenvalue weighted by Gasteiger charge is -2.12. The summed E-state index contributed by atoms with van der Waals surface area (Å²) >= 11 is 0.